The molecule has 0 saturated heterocycles. The van der Waals surface area contributed by atoms with Gasteiger partial charge in [0.2, 0.25) is 5.91 Å². The van der Waals surface area contributed by atoms with Crippen molar-refractivity contribution in [2.75, 3.05) is 17.2 Å². The Morgan fingerprint density at radius 3 is 2.37 bits per heavy atom. The van der Waals surface area contributed by atoms with Crippen LogP contribution in [-0.2, 0) is 11.8 Å². The Hall–Kier alpha value is -4.11. The van der Waals surface area contributed by atoms with E-state index in [-0.39, 0.29) is 17.1 Å². The van der Waals surface area contributed by atoms with E-state index in [1.165, 1.54) is 11.8 Å². The van der Waals surface area contributed by atoms with Gasteiger partial charge < -0.3 is 19.9 Å². The van der Waals surface area contributed by atoms with Crippen LogP contribution < -0.4 is 15.4 Å². The van der Waals surface area contributed by atoms with Crippen LogP contribution in [0.2, 0.25) is 0 Å². The summed E-state index contributed by atoms with van der Waals surface area (Å²) in [7, 11) is 1.87. The summed E-state index contributed by atoms with van der Waals surface area (Å²) in [6, 6.07) is 18.7. The molecule has 1 aromatic heterocycles. The van der Waals surface area contributed by atoms with Gasteiger partial charge >= 0.3 is 0 Å². The first kappa shape index (κ1) is 29.9. The molecule has 1 atom stereocenters. The molecule has 0 aliphatic heterocycles. The zero-order valence-electron chi connectivity index (χ0n) is 24.4. The molecule has 0 aliphatic carbocycles. The molecule has 9 heteroatoms. The van der Waals surface area contributed by atoms with Gasteiger partial charge in [-0.15, -0.1) is 10.2 Å². The van der Waals surface area contributed by atoms with Gasteiger partial charge in [-0.25, -0.2) is 0 Å². The van der Waals surface area contributed by atoms with E-state index in [4.69, 9.17) is 4.74 Å². The predicted molar refractivity (Wildman–Crippen MR) is 166 cm³/mol. The van der Waals surface area contributed by atoms with Crippen LogP contribution in [0.3, 0.4) is 0 Å². The highest BCUT2D eigenvalue weighted by atomic mass is 32.2. The van der Waals surface area contributed by atoms with E-state index in [0.717, 1.165) is 46.5 Å². The maximum Gasteiger partial charge on any atom is 0.255 e. The highest BCUT2D eigenvalue weighted by Gasteiger charge is 2.21. The topological polar surface area (TPSA) is 98.1 Å². The van der Waals surface area contributed by atoms with Crippen LogP contribution in [-0.4, -0.2) is 38.4 Å². The average molecular weight is 572 g/mol. The lowest BCUT2D eigenvalue weighted by molar-refractivity contribution is -0.115. The second-order valence-corrected chi connectivity index (χ2v) is 11.5. The van der Waals surface area contributed by atoms with Crippen LogP contribution >= 0.6 is 11.8 Å². The molecule has 4 rings (SSSR count). The number of carbonyl (C=O) groups excluding carboxylic acids is 2. The van der Waals surface area contributed by atoms with Crippen molar-refractivity contribution in [2.24, 2.45) is 7.05 Å². The summed E-state index contributed by atoms with van der Waals surface area (Å²) >= 11 is 1.34. The van der Waals surface area contributed by atoms with Crippen molar-refractivity contribution in [1.82, 2.24) is 14.8 Å². The van der Waals surface area contributed by atoms with Gasteiger partial charge in [-0.05, 0) is 81.6 Å². The van der Waals surface area contributed by atoms with Gasteiger partial charge in [0.05, 0.1) is 11.9 Å². The Labute approximate surface area is 245 Å². The van der Waals surface area contributed by atoms with E-state index in [9.17, 15) is 9.59 Å². The zero-order valence-corrected chi connectivity index (χ0v) is 25.3. The molecule has 0 saturated carbocycles. The molecule has 3 aromatic carbocycles. The number of carbonyl (C=O) groups is 2. The van der Waals surface area contributed by atoms with Gasteiger partial charge in [0.15, 0.2) is 11.0 Å². The van der Waals surface area contributed by atoms with Crippen molar-refractivity contribution >= 4 is 35.0 Å². The number of amides is 2. The minimum Gasteiger partial charge on any atom is -0.494 e. The molecule has 0 spiro atoms. The second kappa shape index (κ2) is 13.5. The molecule has 1 heterocycles. The Kier molecular flexibility index (Phi) is 9.83. The Morgan fingerprint density at radius 2 is 1.68 bits per heavy atom. The first-order chi connectivity index (χ1) is 19.7. The molecular formula is C32H37N5O3S. The van der Waals surface area contributed by atoms with Crippen LogP contribution in [0.4, 0.5) is 11.4 Å². The predicted octanol–water partition coefficient (Wildman–Crippen LogP) is 6.96. The highest BCUT2D eigenvalue weighted by Crippen LogP contribution is 2.29. The first-order valence-electron chi connectivity index (χ1n) is 13.8. The molecular weight excluding hydrogens is 534 g/mol. The number of nitrogens with zero attached hydrogens (tertiary/aromatic N) is 3. The summed E-state index contributed by atoms with van der Waals surface area (Å²) in [4.78, 5) is 25.9. The second-order valence-electron chi connectivity index (χ2n) is 10.1. The van der Waals surface area contributed by atoms with Crippen molar-refractivity contribution in [1.29, 1.82) is 0 Å². The maximum absolute atomic E-state index is 13.0. The third kappa shape index (κ3) is 7.55. The van der Waals surface area contributed by atoms with E-state index < -0.39 is 0 Å². The fourth-order valence-corrected chi connectivity index (χ4v) is 5.27. The average Bonchev–Trinajstić information content (AvgIpc) is 3.30. The number of rotatable bonds is 11. The highest BCUT2D eigenvalue weighted by molar-refractivity contribution is 8.00. The molecule has 0 aliphatic rings. The molecule has 2 N–H and O–H groups in total. The number of aryl methyl sites for hydroxylation is 3. The molecule has 214 valence electrons. The Morgan fingerprint density at radius 1 is 0.976 bits per heavy atom. The summed E-state index contributed by atoms with van der Waals surface area (Å²) in [5, 5.41) is 15.0. The third-order valence-corrected chi connectivity index (χ3v) is 7.81. The molecule has 0 bridgehead atoms. The monoisotopic (exact) mass is 571 g/mol. The summed E-state index contributed by atoms with van der Waals surface area (Å²) in [6.45, 7) is 10.7. The summed E-state index contributed by atoms with van der Waals surface area (Å²) in [5.74, 6) is 1.07. The van der Waals surface area contributed by atoms with Gasteiger partial charge in [-0.1, -0.05) is 54.9 Å². The minimum atomic E-state index is -0.389. The first-order valence-corrected chi connectivity index (χ1v) is 14.6. The number of hydrogen-bond donors (Lipinski definition) is 2. The largest absolute Gasteiger partial charge is 0.494 e. The quantitative estimate of drug-likeness (QED) is 0.149. The smallest absolute Gasteiger partial charge is 0.255 e. The number of ether oxygens (including phenoxy) is 1. The van der Waals surface area contributed by atoms with Crippen LogP contribution in [0, 0.1) is 20.8 Å². The van der Waals surface area contributed by atoms with E-state index in [0.29, 0.717) is 28.8 Å². The number of anilines is 2. The van der Waals surface area contributed by atoms with Crippen LogP contribution in [0.5, 0.6) is 5.75 Å². The normalized spacial score (nSPS) is 11.7. The fourth-order valence-electron chi connectivity index (χ4n) is 4.46. The molecule has 0 radical (unpaired) electrons. The number of thioether (sulfide) groups is 1. The summed E-state index contributed by atoms with van der Waals surface area (Å²) in [5.41, 5.74) is 6.07. The van der Waals surface area contributed by atoms with Crippen LogP contribution in [0.1, 0.15) is 53.7 Å². The van der Waals surface area contributed by atoms with Gasteiger partial charge in [0.1, 0.15) is 5.75 Å². The van der Waals surface area contributed by atoms with Crippen LogP contribution in [0.25, 0.3) is 11.4 Å². The number of benzene rings is 3. The van der Waals surface area contributed by atoms with Crippen molar-refractivity contribution < 1.29 is 14.3 Å². The van der Waals surface area contributed by atoms with Crippen molar-refractivity contribution in [3.05, 3.63) is 82.9 Å². The summed E-state index contributed by atoms with van der Waals surface area (Å²) in [6.07, 6.45) is 2.06. The van der Waals surface area contributed by atoms with Crippen molar-refractivity contribution in [3.8, 4) is 17.1 Å². The number of hydrogen-bond acceptors (Lipinski definition) is 6. The Balaban J connectivity index is 1.41. The Bertz CT molecular complexity index is 1510. The number of unbranched alkanes of at least 4 members (excludes halogenated alkanes) is 1. The number of nitrogens with one attached hydrogen (secondary N) is 2. The van der Waals surface area contributed by atoms with Gasteiger partial charge in [0, 0.05) is 29.5 Å². The van der Waals surface area contributed by atoms with Crippen molar-refractivity contribution in [3.63, 3.8) is 0 Å². The van der Waals surface area contributed by atoms with Gasteiger partial charge in [-0.3, -0.25) is 9.59 Å². The molecule has 0 unspecified atom stereocenters. The summed E-state index contributed by atoms with van der Waals surface area (Å²) < 4.78 is 7.54. The van der Waals surface area contributed by atoms with E-state index in [1.807, 2.05) is 75.7 Å². The zero-order chi connectivity index (χ0) is 29.5. The van der Waals surface area contributed by atoms with Crippen LogP contribution in [0.15, 0.2) is 65.8 Å². The van der Waals surface area contributed by atoms with Gasteiger partial charge in [0.25, 0.3) is 5.91 Å². The van der Waals surface area contributed by atoms with Crippen molar-refractivity contribution in [2.45, 2.75) is 57.9 Å². The lowest BCUT2D eigenvalue weighted by Crippen LogP contribution is -2.23. The van der Waals surface area contributed by atoms with E-state index in [2.05, 4.69) is 39.9 Å². The molecule has 4 aromatic rings. The molecule has 2 amide bonds. The van der Waals surface area contributed by atoms with E-state index in [1.54, 1.807) is 12.1 Å². The molecule has 8 nitrogen and oxygen atoms in total. The minimum absolute atomic E-state index is 0.0973. The fraction of sp³-hybridized carbons (Fsp3) is 0.312. The number of aromatic nitrogens is 3. The molecule has 0 fully saturated rings. The van der Waals surface area contributed by atoms with E-state index >= 15 is 0 Å². The standard InChI is InChI=1S/C32H37N5O3S/c1-7-8-16-40-27-14-12-24(13-15-27)31(39)33-26-11-9-10-25(19-26)29-35-36-32(37(29)6)41-23(5)30(38)34-28-21(3)17-20(2)18-22(28)4/h9-15,17-19,23H,7-8,16H2,1-6H3,(H,33,39)(H,34,38)/t23-/m1/s1. The SMILES string of the molecule is CCCCOc1ccc(C(=O)Nc2cccc(-c3nnc(S[C@H](C)C(=O)Nc4c(C)cc(C)cc4C)n3C)c2)cc1. The lowest BCUT2D eigenvalue weighted by atomic mass is 10.1. The van der Waals surface area contributed by atoms with Gasteiger partial charge in [-0.2, -0.15) is 0 Å². The lowest BCUT2D eigenvalue weighted by Gasteiger charge is -2.16. The maximum atomic E-state index is 13.0. The third-order valence-electron chi connectivity index (χ3n) is 6.67. The molecule has 41 heavy (non-hydrogen) atoms.